The summed E-state index contributed by atoms with van der Waals surface area (Å²) in [5.41, 5.74) is 0.901. The Bertz CT molecular complexity index is 1360. The van der Waals surface area contributed by atoms with E-state index in [9.17, 15) is 24.3 Å². The molecule has 1 aromatic heterocycles. The van der Waals surface area contributed by atoms with Crippen LogP contribution in [0.3, 0.4) is 0 Å². The number of carbonyl (C=O) groups is 4. The quantitative estimate of drug-likeness (QED) is 0.424. The lowest BCUT2D eigenvalue weighted by Crippen LogP contribution is -2.36. The molecular formula is C24H17ClN2O7S. The van der Waals surface area contributed by atoms with E-state index in [-0.39, 0.29) is 16.2 Å². The number of anilines is 1. The van der Waals surface area contributed by atoms with Crippen LogP contribution in [-0.2, 0) is 9.59 Å². The minimum atomic E-state index is -1.11. The van der Waals surface area contributed by atoms with Gasteiger partial charge in [-0.25, -0.2) is 4.79 Å². The first-order chi connectivity index (χ1) is 16.7. The smallest absolute Gasteiger partial charge is 0.335 e. The normalized spacial score (nSPS) is 14.5. The van der Waals surface area contributed by atoms with E-state index >= 15 is 0 Å². The number of hydrogen-bond donors (Lipinski definition) is 2. The molecule has 0 radical (unpaired) electrons. The molecule has 0 unspecified atom stereocenters. The van der Waals surface area contributed by atoms with Crippen molar-refractivity contribution in [2.24, 2.45) is 0 Å². The second-order valence-electron chi connectivity index (χ2n) is 7.25. The van der Waals surface area contributed by atoms with Crippen LogP contribution in [0, 0.1) is 0 Å². The second-order valence-corrected chi connectivity index (χ2v) is 8.65. The third kappa shape index (κ3) is 5.39. The van der Waals surface area contributed by atoms with Crippen molar-refractivity contribution in [3.63, 3.8) is 0 Å². The van der Waals surface area contributed by atoms with Crippen molar-refractivity contribution < 1.29 is 33.4 Å². The molecule has 2 N–H and O–H groups in total. The van der Waals surface area contributed by atoms with Gasteiger partial charge in [-0.05, 0) is 66.4 Å². The van der Waals surface area contributed by atoms with Gasteiger partial charge < -0.3 is 19.6 Å². The van der Waals surface area contributed by atoms with E-state index < -0.39 is 29.6 Å². The Morgan fingerprint density at radius 3 is 2.57 bits per heavy atom. The van der Waals surface area contributed by atoms with Gasteiger partial charge in [0.2, 0.25) is 5.91 Å². The number of imide groups is 1. The van der Waals surface area contributed by atoms with Gasteiger partial charge in [0.05, 0.1) is 22.6 Å². The van der Waals surface area contributed by atoms with Gasteiger partial charge in [-0.3, -0.25) is 19.3 Å². The second kappa shape index (κ2) is 10.1. The Morgan fingerprint density at radius 2 is 1.89 bits per heavy atom. The minimum absolute atomic E-state index is 0.0383. The summed E-state index contributed by atoms with van der Waals surface area (Å²) < 4.78 is 10.8. The first-order valence-corrected chi connectivity index (χ1v) is 11.3. The Balaban J connectivity index is 1.46. The number of carboxylic acid groups (broad SMARTS) is 1. The number of carbonyl (C=O) groups excluding carboxylic acids is 3. The monoisotopic (exact) mass is 512 g/mol. The molecule has 35 heavy (non-hydrogen) atoms. The van der Waals surface area contributed by atoms with Crippen LogP contribution >= 0.6 is 23.4 Å². The number of carboxylic acids is 1. The van der Waals surface area contributed by atoms with Crippen molar-refractivity contribution in [1.29, 1.82) is 0 Å². The van der Waals surface area contributed by atoms with Crippen LogP contribution in [-0.4, -0.2) is 46.7 Å². The van der Waals surface area contributed by atoms with Crippen molar-refractivity contribution in [1.82, 2.24) is 4.90 Å². The van der Waals surface area contributed by atoms with Gasteiger partial charge >= 0.3 is 5.97 Å². The zero-order valence-corrected chi connectivity index (χ0v) is 19.7. The molecule has 2 heterocycles. The topological polar surface area (TPSA) is 126 Å². The van der Waals surface area contributed by atoms with Crippen molar-refractivity contribution in [3.8, 4) is 17.1 Å². The molecule has 3 amide bonds. The van der Waals surface area contributed by atoms with Crippen molar-refractivity contribution in [2.45, 2.75) is 0 Å². The lowest BCUT2D eigenvalue weighted by atomic mass is 10.1. The Hall–Kier alpha value is -4.02. The summed E-state index contributed by atoms with van der Waals surface area (Å²) in [6.07, 6.45) is 1.38. The number of halogens is 1. The van der Waals surface area contributed by atoms with Gasteiger partial charge in [0.1, 0.15) is 23.8 Å². The molecule has 1 fully saturated rings. The van der Waals surface area contributed by atoms with Gasteiger partial charge in [-0.15, -0.1) is 0 Å². The zero-order chi connectivity index (χ0) is 25.1. The first-order valence-electron chi connectivity index (χ1n) is 10.1. The summed E-state index contributed by atoms with van der Waals surface area (Å²) in [6.45, 7) is -0.449. The Kier molecular flexibility index (Phi) is 6.94. The fourth-order valence-corrected chi connectivity index (χ4v) is 4.24. The number of rotatable bonds is 7. The van der Waals surface area contributed by atoms with Gasteiger partial charge in [-0.1, -0.05) is 11.6 Å². The molecule has 11 heteroatoms. The summed E-state index contributed by atoms with van der Waals surface area (Å²) in [7, 11) is 1.52. The molecule has 3 aromatic rings. The molecule has 178 valence electrons. The number of methoxy groups -OCH3 is 1. The summed E-state index contributed by atoms with van der Waals surface area (Å²) in [4.78, 5) is 49.6. The number of amides is 3. The summed E-state index contributed by atoms with van der Waals surface area (Å²) in [6, 6.07) is 13.9. The van der Waals surface area contributed by atoms with E-state index in [1.54, 1.807) is 36.4 Å². The average molecular weight is 513 g/mol. The molecule has 1 aliphatic heterocycles. The molecule has 0 atom stereocenters. The molecule has 1 saturated heterocycles. The number of hydrogen-bond acceptors (Lipinski definition) is 7. The predicted octanol–water partition coefficient (Wildman–Crippen LogP) is 4.98. The minimum Gasteiger partial charge on any atom is -0.497 e. The number of nitrogens with zero attached hydrogens (tertiary/aromatic N) is 1. The average Bonchev–Trinajstić information content (AvgIpc) is 3.40. The van der Waals surface area contributed by atoms with Gasteiger partial charge in [0.25, 0.3) is 11.1 Å². The SMILES string of the molecule is COc1ccc(NC(=O)CN2C(=O)SC(=Cc3ccc(-c4cc(C(=O)O)ccc4Cl)o3)C2=O)cc1. The third-order valence-electron chi connectivity index (χ3n) is 4.93. The van der Waals surface area contributed by atoms with E-state index in [4.69, 9.17) is 20.8 Å². The molecular weight excluding hydrogens is 496 g/mol. The van der Waals surface area contributed by atoms with Crippen molar-refractivity contribution in [2.75, 3.05) is 19.0 Å². The number of furan rings is 1. The lowest BCUT2D eigenvalue weighted by Gasteiger charge is -2.12. The molecule has 0 bridgehead atoms. The largest absolute Gasteiger partial charge is 0.497 e. The van der Waals surface area contributed by atoms with E-state index in [1.165, 1.54) is 31.4 Å². The number of aromatic carboxylic acids is 1. The van der Waals surface area contributed by atoms with Crippen LogP contribution in [0.4, 0.5) is 10.5 Å². The van der Waals surface area contributed by atoms with E-state index in [0.29, 0.717) is 39.5 Å². The van der Waals surface area contributed by atoms with Crippen LogP contribution in [0.2, 0.25) is 5.02 Å². The molecule has 2 aromatic carbocycles. The maximum absolute atomic E-state index is 12.7. The van der Waals surface area contributed by atoms with Crippen LogP contribution < -0.4 is 10.1 Å². The fourth-order valence-electron chi connectivity index (χ4n) is 3.21. The third-order valence-corrected chi connectivity index (χ3v) is 6.16. The number of ether oxygens (including phenoxy) is 1. The van der Waals surface area contributed by atoms with Gasteiger partial charge in [0.15, 0.2) is 0 Å². The maximum Gasteiger partial charge on any atom is 0.335 e. The zero-order valence-electron chi connectivity index (χ0n) is 18.1. The standard InChI is InChI=1S/C24H17ClN2O7S/c1-33-15-5-3-14(4-6-15)26-21(28)12-27-22(29)20(35-24(27)32)11-16-7-9-19(34-16)17-10-13(23(30)31)2-8-18(17)25/h2-11H,12H2,1H3,(H,26,28)(H,30,31). The van der Waals surface area contributed by atoms with Crippen LogP contribution in [0.15, 0.2) is 63.9 Å². The summed E-state index contributed by atoms with van der Waals surface area (Å²) in [5, 5.41) is 11.5. The molecule has 4 rings (SSSR count). The molecule has 1 aliphatic rings. The van der Waals surface area contributed by atoms with Crippen LogP contribution in [0.5, 0.6) is 5.75 Å². The van der Waals surface area contributed by atoms with Crippen molar-refractivity contribution >= 4 is 58.1 Å². The van der Waals surface area contributed by atoms with Crippen LogP contribution in [0.25, 0.3) is 17.4 Å². The number of nitrogens with one attached hydrogen (secondary N) is 1. The first kappa shape index (κ1) is 24.1. The van der Waals surface area contributed by atoms with E-state index in [1.807, 2.05) is 0 Å². The molecule has 9 nitrogen and oxygen atoms in total. The molecule has 0 saturated carbocycles. The maximum atomic E-state index is 12.7. The Labute approximate surface area is 208 Å². The van der Waals surface area contributed by atoms with Gasteiger partial charge in [-0.2, -0.15) is 0 Å². The summed E-state index contributed by atoms with van der Waals surface area (Å²) >= 11 is 6.86. The lowest BCUT2D eigenvalue weighted by molar-refractivity contribution is -0.127. The van der Waals surface area contributed by atoms with Crippen LogP contribution in [0.1, 0.15) is 16.1 Å². The van der Waals surface area contributed by atoms with E-state index in [2.05, 4.69) is 5.32 Å². The van der Waals surface area contributed by atoms with E-state index in [0.717, 1.165) is 4.90 Å². The Morgan fingerprint density at radius 1 is 1.14 bits per heavy atom. The number of thioether (sulfide) groups is 1. The van der Waals surface area contributed by atoms with Crippen molar-refractivity contribution in [3.05, 3.63) is 75.8 Å². The molecule has 0 aliphatic carbocycles. The summed E-state index contributed by atoms with van der Waals surface area (Å²) in [5.74, 6) is -1.11. The highest BCUT2D eigenvalue weighted by Crippen LogP contribution is 2.35. The highest BCUT2D eigenvalue weighted by molar-refractivity contribution is 8.18. The predicted molar refractivity (Wildman–Crippen MR) is 130 cm³/mol. The number of benzene rings is 2. The molecule has 0 spiro atoms. The van der Waals surface area contributed by atoms with Gasteiger partial charge in [0, 0.05) is 17.3 Å². The highest BCUT2D eigenvalue weighted by atomic mass is 35.5. The fraction of sp³-hybridized carbons (Fsp3) is 0.0833. The highest BCUT2D eigenvalue weighted by Gasteiger charge is 2.36.